The molecule has 2 heterocycles. The number of halogens is 1. The van der Waals surface area contributed by atoms with Crippen molar-refractivity contribution in [2.24, 2.45) is 0 Å². The van der Waals surface area contributed by atoms with Gasteiger partial charge in [0.1, 0.15) is 11.6 Å². The van der Waals surface area contributed by atoms with Crippen molar-refractivity contribution in [2.45, 2.75) is 6.54 Å². The highest BCUT2D eigenvalue weighted by Crippen LogP contribution is 2.21. The van der Waals surface area contributed by atoms with Crippen LogP contribution in [0.25, 0.3) is 11.4 Å². The minimum absolute atomic E-state index is 0.582. The quantitative estimate of drug-likeness (QED) is 0.799. The number of aromatic nitrogens is 3. The van der Waals surface area contributed by atoms with E-state index in [0.717, 1.165) is 22.9 Å². The van der Waals surface area contributed by atoms with Crippen LogP contribution in [0.5, 0.6) is 0 Å². The van der Waals surface area contributed by atoms with Gasteiger partial charge in [0, 0.05) is 25.0 Å². The summed E-state index contributed by atoms with van der Waals surface area (Å²) in [5, 5.41) is 3.68. The topological polar surface area (TPSA) is 42.7 Å². The second kappa shape index (κ2) is 5.97. The molecule has 0 bridgehead atoms. The first-order valence-corrected chi connectivity index (χ1v) is 7.05. The zero-order valence-electron chi connectivity index (χ0n) is 11.6. The summed E-state index contributed by atoms with van der Waals surface area (Å²) in [6.45, 7) is 0.582. The second-order valence-electron chi connectivity index (χ2n) is 4.62. The van der Waals surface area contributed by atoms with Crippen molar-refractivity contribution in [1.82, 2.24) is 14.5 Å². The fraction of sp³-hybridized carbons (Fsp3) is 0.125. The Labute approximate surface area is 128 Å². The van der Waals surface area contributed by atoms with Crippen LogP contribution in [0.2, 0.25) is 5.02 Å². The van der Waals surface area contributed by atoms with E-state index in [-0.39, 0.29) is 0 Å². The summed E-state index contributed by atoms with van der Waals surface area (Å²) in [6, 6.07) is 13.8. The molecular weight excluding hydrogens is 284 g/mol. The van der Waals surface area contributed by atoms with Crippen molar-refractivity contribution in [3.05, 3.63) is 65.6 Å². The molecule has 106 valence electrons. The van der Waals surface area contributed by atoms with Gasteiger partial charge in [-0.3, -0.25) is 0 Å². The highest BCUT2D eigenvalue weighted by Gasteiger charge is 2.09. The maximum Gasteiger partial charge on any atom is 0.140 e. The largest absolute Gasteiger partial charge is 0.373 e. The maximum absolute atomic E-state index is 6.24. The molecule has 5 heteroatoms. The van der Waals surface area contributed by atoms with Crippen molar-refractivity contribution in [3.8, 4) is 11.4 Å². The molecule has 4 nitrogen and oxygen atoms in total. The lowest BCUT2D eigenvalue weighted by Crippen LogP contribution is -2.05. The third-order valence-electron chi connectivity index (χ3n) is 3.24. The first-order chi connectivity index (χ1) is 10.3. The summed E-state index contributed by atoms with van der Waals surface area (Å²) in [7, 11) is 1.84. The Balaban J connectivity index is 1.95. The Morgan fingerprint density at radius 1 is 1.14 bits per heavy atom. The lowest BCUT2D eigenvalue weighted by atomic mass is 10.2. The number of nitrogens with zero attached hydrogens (tertiary/aromatic N) is 3. The lowest BCUT2D eigenvalue weighted by molar-refractivity contribution is 0.783. The molecule has 0 aliphatic heterocycles. The fourth-order valence-corrected chi connectivity index (χ4v) is 2.35. The Morgan fingerprint density at radius 3 is 2.71 bits per heavy atom. The van der Waals surface area contributed by atoms with Crippen LogP contribution in [0, 0.1) is 0 Å². The molecule has 1 aromatic carbocycles. The van der Waals surface area contributed by atoms with Crippen molar-refractivity contribution in [2.75, 3.05) is 12.4 Å². The van der Waals surface area contributed by atoms with Gasteiger partial charge in [0.05, 0.1) is 17.3 Å². The molecule has 0 saturated carbocycles. The van der Waals surface area contributed by atoms with Gasteiger partial charge in [-0.05, 0) is 12.1 Å². The van der Waals surface area contributed by atoms with Crippen LogP contribution in [-0.2, 0) is 6.54 Å². The molecule has 0 aliphatic carbocycles. The van der Waals surface area contributed by atoms with Gasteiger partial charge in [0.2, 0.25) is 0 Å². The molecule has 3 rings (SSSR count). The summed E-state index contributed by atoms with van der Waals surface area (Å²) < 4.78 is 2.04. The summed E-state index contributed by atoms with van der Waals surface area (Å²) in [5.41, 5.74) is 1.89. The monoisotopic (exact) mass is 298 g/mol. The summed E-state index contributed by atoms with van der Waals surface area (Å²) in [5.74, 6) is 1.71. The normalized spacial score (nSPS) is 10.6. The van der Waals surface area contributed by atoms with Crippen LogP contribution in [0.1, 0.15) is 5.69 Å². The molecule has 1 N–H and O–H groups in total. The Hall–Kier alpha value is -2.33. The molecule has 0 spiro atoms. The summed E-state index contributed by atoms with van der Waals surface area (Å²) >= 11 is 6.24. The predicted molar refractivity (Wildman–Crippen MR) is 85.6 cm³/mol. The third-order valence-corrected chi connectivity index (χ3v) is 3.59. The maximum atomic E-state index is 6.24. The molecule has 0 aliphatic rings. The van der Waals surface area contributed by atoms with Gasteiger partial charge in [-0.15, -0.1) is 0 Å². The number of rotatable bonds is 4. The van der Waals surface area contributed by atoms with E-state index in [2.05, 4.69) is 15.3 Å². The van der Waals surface area contributed by atoms with E-state index >= 15 is 0 Å². The number of pyridine rings is 1. The number of anilines is 1. The number of benzene rings is 1. The van der Waals surface area contributed by atoms with E-state index in [0.29, 0.717) is 11.6 Å². The fourth-order valence-electron chi connectivity index (χ4n) is 2.18. The molecule has 2 aromatic heterocycles. The first kappa shape index (κ1) is 13.6. The van der Waals surface area contributed by atoms with Crippen LogP contribution in [0.4, 0.5) is 5.82 Å². The van der Waals surface area contributed by atoms with Gasteiger partial charge in [-0.1, -0.05) is 41.9 Å². The third kappa shape index (κ3) is 2.90. The minimum Gasteiger partial charge on any atom is -0.373 e. The number of imidazole rings is 1. The smallest absolute Gasteiger partial charge is 0.140 e. The predicted octanol–water partition coefficient (Wildman–Crippen LogP) is 3.69. The van der Waals surface area contributed by atoms with Crippen LogP contribution in [0.15, 0.2) is 54.9 Å². The van der Waals surface area contributed by atoms with Gasteiger partial charge in [0.25, 0.3) is 0 Å². The van der Waals surface area contributed by atoms with Gasteiger partial charge < -0.3 is 9.88 Å². The number of hydrogen-bond donors (Lipinski definition) is 1. The summed E-state index contributed by atoms with van der Waals surface area (Å²) in [4.78, 5) is 8.94. The average molecular weight is 299 g/mol. The Morgan fingerprint density at radius 2 is 1.95 bits per heavy atom. The van der Waals surface area contributed by atoms with Crippen LogP contribution in [0.3, 0.4) is 0 Å². The van der Waals surface area contributed by atoms with Crippen molar-refractivity contribution < 1.29 is 0 Å². The van der Waals surface area contributed by atoms with E-state index in [1.807, 2.05) is 60.3 Å². The molecule has 0 fully saturated rings. The second-order valence-corrected chi connectivity index (χ2v) is 5.03. The Kier molecular flexibility index (Phi) is 3.88. The van der Waals surface area contributed by atoms with Crippen LogP contribution < -0.4 is 5.32 Å². The summed E-state index contributed by atoms with van der Waals surface area (Å²) in [6.07, 6.45) is 3.73. The van der Waals surface area contributed by atoms with Gasteiger partial charge >= 0.3 is 0 Å². The molecule has 0 amide bonds. The van der Waals surface area contributed by atoms with Crippen molar-refractivity contribution >= 4 is 17.4 Å². The van der Waals surface area contributed by atoms with Crippen molar-refractivity contribution in [1.29, 1.82) is 0 Å². The van der Waals surface area contributed by atoms with Crippen LogP contribution in [-0.4, -0.2) is 21.6 Å². The zero-order chi connectivity index (χ0) is 14.7. The molecule has 3 aromatic rings. The number of nitrogens with one attached hydrogen (secondary N) is 1. The van der Waals surface area contributed by atoms with E-state index in [1.54, 1.807) is 6.20 Å². The molecule has 21 heavy (non-hydrogen) atoms. The van der Waals surface area contributed by atoms with E-state index < -0.39 is 0 Å². The van der Waals surface area contributed by atoms with E-state index in [9.17, 15) is 0 Å². The average Bonchev–Trinajstić information content (AvgIpc) is 2.98. The highest BCUT2D eigenvalue weighted by atomic mass is 35.5. The first-order valence-electron chi connectivity index (χ1n) is 6.67. The highest BCUT2D eigenvalue weighted by molar-refractivity contribution is 6.31. The van der Waals surface area contributed by atoms with Crippen molar-refractivity contribution in [3.63, 3.8) is 0 Å². The van der Waals surface area contributed by atoms with Gasteiger partial charge in [0.15, 0.2) is 0 Å². The van der Waals surface area contributed by atoms with E-state index in [1.165, 1.54) is 0 Å². The molecule has 0 unspecified atom stereocenters. The van der Waals surface area contributed by atoms with Crippen LogP contribution >= 0.6 is 11.6 Å². The molecule has 0 radical (unpaired) electrons. The SMILES string of the molecule is CNc1ccc(Cl)c(Cn2ccnc2-c2ccccc2)n1. The van der Waals surface area contributed by atoms with E-state index in [4.69, 9.17) is 11.6 Å². The Bertz CT molecular complexity index is 737. The number of hydrogen-bond acceptors (Lipinski definition) is 3. The molecule has 0 atom stereocenters. The van der Waals surface area contributed by atoms with Gasteiger partial charge in [-0.25, -0.2) is 9.97 Å². The zero-order valence-corrected chi connectivity index (χ0v) is 12.4. The standard InChI is InChI=1S/C16H15ClN4/c1-18-15-8-7-13(17)14(20-15)11-21-10-9-19-16(21)12-5-3-2-4-6-12/h2-10H,11H2,1H3,(H,18,20). The lowest BCUT2D eigenvalue weighted by Gasteiger charge is -2.10. The molecular formula is C16H15ClN4. The van der Waals surface area contributed by atoms with Gasteiger partial charge in [-0.2, -0.15) is 0 Å². The minimum atomic E-state index is 0.582. The molecule has 0 saturated heterocycles.